The summed E-state index contributed by atoms with van der Waals surface area (Å²) in [5.41, 5.74) is 5.12. The molecule has 5 heteroatoms. The number of aromatic nitrogens is 2. The van der Waals surface area contributed by atoms with E-state index in [0.717, 1.165) is 11.2 Å². The van der Waals surface area contributed by atoms with E-state index < -0.39 is 0 Å². The lowest BCUT2D eigenvalue weighted by atomic mass is 10.3. The average molecular weight is 204 g/mol. The van der Waals surface area contributed by atoms with E-state index >= 15 is 0 Å². The number of amides is 1. The predicted octanol–water partition coefficient (Wildman–Crippen LogP) is 0.555. The molecule has 0 fully saturated rings. The minimum atomic E-state index is -0.330. The Labute approximate surface area is 86.9 Å². The summed E-state index contributed by atoms with van der Waals surface area (Å²) in [4.78, 5) is 15.8. The van der Waals surface area contributed by atoms with Crippen LogP contribution in [0.1, 0.15) is 21.7 Å². The van der Waals surface area contributed by atoms with Gasteiger partial charge in [0.25, 0.3) is 5.91 Å². The normalized spacial score (nSPS) is 10.6. The molecule has 15 heavy (non-hydrogen) atoms. The molecule has 0 aromatic carbocycles. The van der Waals surface area contributed by atoms with Crippen LogP contribution < -0.4 is 11.3 Å². The zero-order valence-electron chi connectivity index (χ0n) is 8.61. The van der Waals surface area contributed by atoms with Gasteiger partial charge in [-0.2, -0.15) is 0 Å². The molecule has 0 saturated heterocycles. The number of nitrogens with zero attached hydrogens (tertiary/aromatic N) is 2. The van der Waals surface area contributed by atoms with Gasteiger partial charge in [0, 0.05) is 6.20 Å². The molecule has 0 bridgehead atoms. The number of fused-ring (bicyclic) bond motifs is 1. The first-order valence-corrected chi connectivity index (χ1v) is 4.59. The summed E-state index contributed by atoms with van der Waals surface area (Å²) in [6.45, 7) is 3.76. The quantitative estimate of drug-likeness (QED) is 0.405. The number of nitrogens with two attached hydrogens (primary N) is 1. The molecule has 5 nitrogen and oxygen atoms in total. The molecule has 3 N–H and O–H groups in total. The Morgan fingerprint density at radius 3 is 2.93 bits per heavy atom. The first-order valence-electron chi connectivity index (χ1n) is 4.59. The van der Waals surface area contributed by atoms with E-state index in [4.69, 9.17) is 5.84 Å². The van der Waals surface area contributed by atoms with Crippen molar-refractivity contribution in [3.63, 3.8) is 0 Å². The van der Waals surface area contributed by atoms with Crippen LogP contribution in [0.4, 0.5) is 0 Å². The molecule has 2 rings (SSSR count). The smallest absolute Gasteiger partial charge is 0.284 e. The van der Waals surface area contributed by atoms with E-state index in [2.05, 4.69) is 10.4 Å². The second-order valence-electron chi connectivity index (χ2n) is 3.45. The Hall–Kier alpha value is -1.88. The van der Waals surface area contributed by atoms with Gasteiger partial charge in [0.1, 0.15) is 11.3 Å². The summed E-state index contributed by atoms with van der Waals surface area (Å²) < 4.78 is 1.73. The van der Waals surface area contributed by atoms with Crippen molar-refractivity contribution in [2.75, 3.05) is 0 Å². The second-order valence-corrected chi connectivity index (χ2v) is 3.45. The number of hydrogen-bond donors (Lipinski definition) is 2. The molecule has 0 aliphatic rings. The Kier molecular flexibility index (Phi) is 2.17. The van der Waals surface area contributed by atoms with Gasteiger partial charge in [0.05, 0.1) is 5.69 Å². The molecule has 0 aliphatic heterocycles. The third-order valence-corrected chi connectivity index (χ3v) is 2.30. The molecule has 2 aromatic heterocycles. The number of aryl methyl sites for hydroxylation is 2. The Bertz CT molecular complexity index is 529. The highest BCUT2D eigenvalue weighted by Crippen LogP contribution is 2.12. The highest BCUT2D eigenvalue weighted by molar-refractivity contribution is 5.94. The summed E-state index contributed by atoms with van der Waals surface area (Å²) in [5, 5.41) is 0. The number of carbonyl (C=O) groups is 1. The highest BCUT2D eigenvalue weighted by atomic mass is 16.2. The summed E-state index contributed by atoms with van der Waals surface area (Å²) in [5.74, 6) is 4.78. The van der Waals surface area contributed by atoms with Crippen LogP contribution >= 0.6 is 0 Å². The fourth-order valence-corrected chi connectivity index (χ4v) is 1.61. The average Bonchev–Trinajstić information content (AvgIpc) is 2.52. The predicted molar refractivity (Wildman–Crippen MR) is 56.3 cm³/mol. The molecule has 0 unspecified atom stereocenters. The van der Waals surface area contributed by atoms with Gasteiger partial charge >= 0.3 is 0 Å². The summed E-state index contributed by atoms with van der Waals surface area (Å²) in [7, 11) is 0. The zero-order chi connectivity index (χ0) is 11.0. The summed E-state index contributed by atoms with van der Waals surface area (Å²) >= 11 is 0. The number of carbonyl (C=O) groups excluding carboxylic acids is 1. The molecule has 0 atom stereocenters. The fourth-order valence-electron chi connectivity index (χ4n) is 1.61. The molecule has 0 aliphatic carbocycles. The number of pyridine rings is 1. The van der Waals surface area contributed by atoms with Gasteiger partial charge in [-0.1, -0.05) is 0 Å². The minimum Gasteiger partial charge on any atom is -0.295 e. The van der Waals surface area contributed by atoms with Crippen molar-refractivity contribution in [2.45, 2.75) is 13.8 Å². The molecule has 1 amide bonds. The van der Waals surface area contributed by atoms with E-state index in [1.54, 1.807) is 11.3 Å². The van der Waals surface area contributed by atoms with Crippen molar-refractivity contribution in [2.24, 2.45) is 5.84 Å². The third kappa shape index (κ3) is 1.46. The van der Waals surface area contributed by atoms with Crippen LogP contribution in [0.2, 0.25) is 0 Å². The molecular formula is C10H12N4O. The molecule has 78 valence electrons. The monoisotopic (exact) mass is 204 g/mol. The zero-order valence-corrected chi connectivity index (χ0v) is 8.61. The maximum absolute atomic E-state index is 11.5. The van der Waals surface area contributed by atoms with E-state index in [9.17, 15) is 4.79 Å². The third-order valence-electron chi connectivity index (χ3n) is 2.30. The van der Waals surface area contributed by atoms with Gasteiger partial charge < -0.3 is 0 Å². The van der Waals surface area contributed by atoms with Crippen LogP contribution in [0.5, 0.6) is 0 Å². The first-order chi connectivity index (χ1) is 7.13. The van der Waals surface area contributed by atoms with Crippen LogP contribution in [0, 0.1) is 13.8 Å². The Morgan fingerprint density at radius 2 is 2.27 bits per heavy atom. The van der Waals surface area contributed by atoms with E-state index in [1.807, 2.05) is 25.3 Å². The van der Waals surface area contributed by atoms with Gasteiger partial charge in [-0.05, 0) is 31.5 Å². The van der Waals surface area contributed by atoms with Gasteiger partial charge in [-0.3, -0.25) is 14.6 Å². The Morgan fingerprint density at radius 1 is 1.53 bits per heavy atom. The summed E-state index contributed by atoms with van der Waals surface area (Å²) in [6, 6.07) is 3.84. The topological polar surface area (TPSA) is 72.4 Å². The van der Waals surface area contributed by atoms with Crippen LogP contribution in [-0.4, -0.2) is 15.3 Å². The lowest BCUT2D eigenvalue weighted by Gasteiger charge is -2.01. The largest absolute Gasteiger partial charge is 0.295 e. The molecule has 2 aromatic rings. The lowest BCUT2D eigenvalue weighted by Crippen LogP contribution is -2.31. The minimum absolute atomic E-state index is 0.330. The van der Waals surface area contributed by atoms with E-state index in [1.165, 1.54) is 0 Å². The van der Waals surface area contributed by atoms with Crippen molar-refractivity contribution in [3.8, 4) is 0 Å². The number of nitrogens with one attached hydrogen (secondary N) is 1. The lowest BCUT2D eigenvalue weighted by molar-refractivity contribution is 0.0947. The molecule has 2 heterocycles. The van der Waals surface area contributed by atoms with Crippen molar-refractivity contribution < 1.29 is 4.79 Å². The van der Waals surface area contributed by atoms with Gasteiger partial charge in [-0.25, -0.2) is 10.8 Å². The van der Waals surface area contributed by atoms with Crippen molar-refractivity contribution in [3.05, 3.63) is 35.3 Å². The van der Waals surface area contributed by atoms with Crippen LogP contribution in [0.15, 0.2) is 18.3 Å². The van der Waals surface area contributed by atoms with Crippen LogP contribution in [0.3, 0.4) is 0 Å². The van der Waals surface area contributed by atoms with Crippen molar-refractivity contribution in [1.29, 1.82) is 0 Å². The van der Waals surface area contributed by atoms with Crippen molar-refractivity contribution >= 4 is 11.6 Å². The van der Waals surface area contributed by atoms with Crippen LogP contribution in [-0.2, 0) is 0 Å². The maximum Gasteiger partial charge on any atom is 0.284 e. The number of nitrogen functional groups attached to an aromatic ring is 1. The molecule has 0 radical (unpaired) electrons. The standard InChI is InChI=1S/C10H12N4O/c1-6-3-4-14-8(5-6)12-7(2)9(14)10(15)13-11/h3-5H,11H2,1-2H3,(H,13,15). The number of rotatable bonds is 1. The van der Waals surface area contributed by atoms with Gasteiger partial charge in [-0.15, -0.1) is 0 Å². The number of imidazole rings is 1. The van der Waals surface area contributed by atoms with Gasteiger partial charge in [0.15, 0.2) is 0 Å². The fraction of sp³-hybridized carbons (Fsp3) is 0.200. The second kappa shape index (κ2) is 3.36. The molecule has 0 saturated carbocycles. The maximum atomic E-state index is 11.5. The molecular weight excluding hydrogens is 192 g/mol. The van der Waals surface area contributed by atoms with Crippen LogP contribution in [0.25, 0.3) is 5.65 Å². The van der Waals surface area contributed by atoms with E-state index in [0.29, 0.717) is 11.4 Å². The Balaban J connectivity index is 2.73. The number of hydrogen-bond acceptors (Lipinski definition) is 3. The molecule has 0 spiro atoms. The summed E-state index contributed by atoms with van der Waals surface area (Å²) in [6.07, 6.45) is 1.81. The first kappa shape index (κ1) is 9.67. The van der Waals surface area contributed by atoms with Crippen molar-refractivity contribution in [1.82, 2.24) is 14.8 Å². The van der Waals surface area contributed by atoms with E-state index in [-0.39, 0.29) is 5.91 Å². The number of hydrazine groups is 1. The van der Waals surface area contributed by atoms with Gasteiger partial charge in [0.2, 0.25) is 0 Å². The highest BCUT2D eigenvalue weighted by Gasteiger charge is 2.14. The SMILES string of the molecule is Cc1ccn2c(C(=O)NN)c(C)nc2c1.